The van der Waals surface area contributed by atoms with Crippen molar-refractivity contribution in [1.29, 1.82) is 0 Å². The summed E-state index contributed by atoms with van der Waals surface area (Å²) in [6.45, 7) is 0. The lowest BCUT2D eigenvalue weighted by Gasteiger charge is -2.09. The molecule has 0 aliphatic heterocycles. The molecule has 0 aliphatic carbocycles. The summed E-state index contributed by atoms with van der Waals surface area (Å²) in [5.41, 5.74) is 6.92. The summed E-state index contributed by atoms with van der Waals surface area (Å²) >= 11 is 1.80. The van der Waals surface area contributed by atoms with Gasteiger partial charge in [0.1, 0.15) is 11.2 Å². The SMILES string of the molecule is c1ccc(-c2nc(-c3ccccc3)nc(-c3ccc4sc5cccc(-c6cccc7c6oc6ccccc67)c5c4c3)n2)cc1. The molecule has 9 rings (SSSR count). The van der Waals surface area contributed by atoms with E-state index in [1.54, 1.807) is 11.3 Å². The number of fused-ring (bicyclic) bond motifs is 6. The Balaban J connectivity index is 1.27. The zero-order valence-corrected chi connectivity index (χ0v) is 24.3. The first-order valence-corrected chi connectivity index (χ1v) is 15.3. The van der Waals surface area contributed by atoms with Gasteiger partial charge in [-0.25, -0.2) is 15.0 Å². The van der Waals surface area contributed by atoms with Crippen molar-refractivity contribution in [2.24, 2.45) is 0 Å². The van der Waals surface area contributed by atoms with Gasteiger partial charge in [0.15, 0.2) is 17.5 Å². The molecule has 0 amide bonds. The maximum absolute atomic E-state index is 6.46. The molecule has 0 saturated heterocycles. The molecule has 0 N–H and O–H groups in total. The number of para-hydroxylation sites is 2. The standard InChI is InChI=1S/C39H23N3OS/c1-3-11-24(12-4-1)37-40-38(25-13-5-2-6-14-25)42-39(41-37)26-21-22-33-31(23-26)35-28(16-10-20-34(35)44-33)30-18-9-17-29-27-15-7-8-19-32(27)43-36(29)30/h1-23H. The van der Waals surface area contributed by atoms with Gasteiger partial charge in [0, 0.05) is 53.2 Å². The molecule has 44 heavy (non-hydrogen) atoms. The van der Waals surface area contributed by atoms with Crippen LogP contribution in [-0.4, -0.2) is 15.0 Å². The number of nitrogens with zero attached hydrogens (tertiary/aromatic N) is 3. The van der Waals surface area contributed by atoms with Crippen LogP contribution in [0.2, 0.25) is 0 Å². The lowest BCUT2D eigenvalue weighted by molar-refractivity contribution is 0.670. The van der Waals surface area contributed by atoms with Crippen molar-refractivity contribution in [2.75, 3.05) is 0 Å². The second-order valence-electron chi connectivity index (χ2n) is 10.8. The Morgan fingerprint density at radius 1 is 0.432 bits per heavy atom. The Morgan fingerprint density at radius 2 is 1.05 bits per heavy atom. The van der Waals surface area contributed by atoms with Gasteiger partial charge in [0.25, 0.3) is 0 Å². The first-order valence-electron chi connectivity index (χ1n) is 14.5. The van der Waals surface area contributed by atoms with Crippen LogP contribution in [0.25, 0.3) is 87.4 Å². The van der Waals surface area contributed by atoms with E-state index in [0.29, 0.717) is 17.5 Å². The second-order valence-corrected chi connectivity index (χ2v) is 11.9. The number of rotatable bonds is 4. The zero-order valence-electron chi connectivity index (χ0n) is 23.4. The molecule has 0 bridgehead atoms. The van der Waals surface area contributed by atoms with Gasteiger partial charge in [-0.05, 0) is 35.9 Å². The Morgan fingerprint density at radius 3 is 1.80 bits per heavy atom. The fourth-order valence-electron chi connectivity index (χ4n) is 6.09. The molecule has 4 nitrogen and oxygen atoms in total. The van der Waals surface area contributed by atoms with Crippen LogP contribution in [0, 0.1) is 0 Å². The average molecular weight is 582 g/mol. The normalized spacial score (nSPS) is 11.6. The fraction of sp³-hybridized carbons (Fsp3) is 0. The Hall–Kier alpha value is -5.65. The smallest absolute Gasteiger partial charge is 0.164 e. The highest BCUT2D eigenvalue weighted by Gasteiger charge is 2.18. The summed E-state index contributed by atoms with van der Waals surface area (Å²) in [4.78, 5) is 14.8. The first kappa shape index (κ1) is 24.9. The number of thiophene rings is 1. The van der Waals surface area contributed by atoms with Crippen LogP contribution in [0.4, 0.5) is 0 Å². The van der Waals surface area contributed by atoms with Crippen molar-refractivity contribution in [1.82, 2.24) is 15.0 Å². The van der Waals surface area contributed by atoms with E-state index in [4.69, 9.17) is 19.4 Å². The number of benzene rings is 6. The van der Waals surface area contributed by atoms with Gasteiger partial charge in [-0.2, -0.15) is 0 Å². The number of aromatic nitrogens is 3. The molecule has 0 fully saturated rings. The second kappa shape index (κ2) is 9.97. The summed E-state index contributed by atoms with van der Waals surface area (Å²) in [5, 5.41) is 4.65. The zero-order chi connectivity index (χ0) is 29.0. The van der Waals surface area contributed by atoms with E-state index in [1.807, 2.05) is 72.8 Å². The molecule has 6 aromatic carbocycles. The van der Waals surface area contributed by atoms with Crippen LogP contribution in [-0.2, 0) is 0 Å². The topological polar surface area (TPSA) is 51.8 Å². The third-order valence-corrected chi connectivity index (χ3v) is 9.28. The molecule has 0 unspecified atom stereocenters. The van der Waals surface area contributed by atoms with E-state index in [0.717, 1.165) is 49.8 Å². The van der Waals surface area contributed by atoms with Crippen molar-refractivity contribution in [3.8, 4) is 45.3 Å². The first-order chi connectivity index (χ1) is 21.8. The van der Waals surface area contributed by atoms with Crippen molar-refractivity contribution in [2.45, 2.75) is 0 Å². The van der Waals surface area contributed by atoms with Crippen molar-refractivity contribution >= 4 is 53.4 Å². The van der Waals surface area contributed by atoms with Crippen molar-refractivity contribution < 1.29 is 4.42 Å². The maximum atomic E-state index is 6.46. The van der Waals surface area contributed by atoms with Crippen LogP contribution in [0.1, 0.15) is 0 Å². The van der Waals surface area contributed by atoms with Crippen molar-refractivity contribution in [3.05, 3.63) is 140 Å². The summed E-state index contributed by atoms with van der Waals surface area (Å²) in [6.07, 6.45) is 0. The van der Waals surface area contributed by atoms with E-state index in [9.17, 15) is 0 Å². The Bertz CT molecular complexity index is 2440. The molecule has 0 aliphatic rings. The van der Waals surface area contributed by atoms with E-state index < -0.39 is 0 Å². The van der Waals surface area contributed by atoms with Gasteiger partial charge < -0.3 is 4.42 Å². The molecule has 9 aromatic rings. The third-order valence-electron chi connectivity index (χ3n) is 8.15. The quantitative estimate of drug-likeness (QED) is 0.207. The van der Waals surface area contributed by atoms with Gasteiger partial charge in [0.05, 0.1) is 0 Å². The predicted octanol–water partition coefficient (Wildman–Crippen LogP) is 10.8. The summed E-state index contributed by atoms with van der Waals surface area (Å²) in [5.74, 6) is 1.96. The Kier molecular flexibility index (Phi) is 5.64. The fourth-order valence-corrected chi connectivity index (χ4v) is 7.20. The minimum absolute atomic E-state index is 0.649. The Labute approximate surface area is 256 Å². The number of hydrogen-bond donors (Lipinski definition) is 0. The van der Waals surface area contributed by atoms with Crippen LogP contribution in [0.15, 0.2) is 144 Å². The highest BCUT2D eigenvalue weighted by molar-refractivity contribution is 7.26. The van der Waals surface area contributed by atoms with Crippen LogP contribution < -0.4 is 0 Å². The molecule has 3 heterocycles. The average Bonchev–Trinajstić information content (AvgIpc) is 3.67. The lowest BCUT2D eigenvalue weighted by atomic mass is 9.97. The van der Waals surface area contributed by atoms with Crippen LogP contribution in [0.5, 0.6) is 0 Å². The monoisotopic (exact) mass is 581 g/mol. The van der Waals surface area contributed by atoms with Gasteiger partial charge >= 0.3 is 0 Å². The van der Waals surface area contributed by atoms with E-state index in [1.165, 1.54) is 20.2 Å². The molecule has 0 radical (unpaired) electrons. The molecule has 3 aromatic heterocycles. The summed E-state index contributed by atoms with van der Waals surface area (Å²) in [7, 11) is 0. The molecule has 0 atom stereocenters. The van der Waals surface area contributed by atoms with Gasteiger partial charge in [-0.15, -0.1) is 11.3 Å². The molecular formula is C39H23N3OS. The van der Waals surface area contributed by atoms with Gasteiger partial charge in [-0.3, -0.25) is 0 Å². The highest BCUT2D eigenvalue weighted by atomic mass is 32.1. The molecule has 0 saturated carbocycles. The van der Waals surface area contributed by atoms with Crippen molar-refractivity contribution in [3.63, 3.8) is 0 Å². The number of furan rings is 1. The minimum atomic E-state index is 0.649. The summed E-state index contributed by atoms with van der Waals surface area (Å²) in [6, 6.07) is 47.9. The van der Waals surface area contributed by atoms with Gasteiger partial charge in [0.2, 0.25) is 0 Å². The number of hydrogen-bond acceptors (Lipinski definition) is 5. The minimum Gasteiger partial charge on any atom is -0.455 e. The van der Waals surface area contributed by atoms with E-state index in [-0.39, 0.29) is 0 Å². The van der Waals surface area contributed by atoms with E-state index >= 15 is 0 Å². The maximum Gasteiger partial charge on any atom is 0.164 e. The van der Waals surface area contributed by atoms with Crippen LogP contribution in [0.3, 0.4) is 0 Å². The van der Waals surface area contributed by atoms with Gasteiger partial charge in [-0.1, -0.05) is 109 Å². The molecule has 0 spiro atoms. The lowest BCUT2D eigenvalue weighted by Crippen LogP contribution is -2.00. The predicted molar refractivity (Wildman–Crippen MR) is 182 cm³/mol. The third kappa shape index (κ3) is 4.02. The molecule has 206 valence electrons. The largest absolute Gasteiger partial charge is 0.455 e. The summed E-state index contributed by atoms with van der Waals surface area (Å²) < 4.78 is 8.90. The van der Waals surface area contributed by atoms with E-state index in [2.05, 4.69) is 66.7 Å². The highest BCUT2D eigenvalue weighted by Crippen LogP contribution is 2.44. The van der Waals surface area contributed by atoms with Crippen LogP contribution >= 0.6 is 11.3 Å². The molecule has 5 heteroatoms. The molecular weight excluding hydrogens is 559 g/mol.